The summed E-state index contributed by atoms with van der Waals surface area (Å²) in [6.07, 6.45) is 0. The number of hydrogen-bond acceptors (Lipinski definition) is 10. The van der Waals surface area contributed by atoms with E-state index in [0.29, 0.717) is 0 Å². The van der Waals surface area contributed by atoms with Crippen LogP contribution < -0.4 is 10.9 Å². The average molecular weight is 446 g/mol. The Hall–Kier alpha value is -4.88. The van der Waals surface area contributed by atoms with Crippen LogP contribution in [0, 0.1) is 20.2 Å². The largest absolute Gasteiger partial charge is 0.465 e. The molecule has 32 heavy (non-hydrogen) atoms. The number of nitrogens with zero attached hydrogens (tertiary/aromatic N) is 2. The highest BCUT2D eigenvalue weighted by Gasteiger charge is 2.20. The lowest BCUT2D eigenvalue weighted by Crippen LogP contribution is -2.43. The molecule has 2 aromatic carbocycles. The van der Waals surface area contributed by atoms with Gasteiger partial charge in [-0.3, -0.25) is 40.7 Å². The lowest BCUT2D eigenvalue weighted by atomic mass is 10.1. The zero-order valence-electron chi connectivity index (χ0n) is 16.2. The molecule has 2 amide bonds. The molecule has 166 valence electrons. The number of nitro groups is 2. The molecule has 0 bridgehead atoms. The van der Waals surface area contributed by atoms with Crippen molar-refractivity contribution in [1.82, 2.24) is 10.9 Å². The molecule has 14 nitrogen and oxygen atoms in total. The van der Waals surface area contributed by atoms with Crippen molar-refractivity contribution in [2.45, 2.75) is 0 Å². The molecule has 0 aliphatic rings. The second kappa shape index (κ2) is 10.2. The minimum Gasteiger partial charge on any atom is -0.465 e. The van der Waals surface area contributed by atoms with Crippen LogP contribution in [0.1, 0.15) is 31.1 Å². The van der Waals surface area contributed by atoms with Crippen molar-refractivity contribution in [1.29, 1.82) is 0 Å². The van der Waals surface area contributed by atoms with Crippen molar-refractivity contribution in [3.05, 3.63) is 79.4 Å². The highest BCUT2D eigenvalue weighted by molar-refractivity contribution is 5.98. The number of benzene rings is 2. The molecule has 0 heterocycles. The molecule has 0 spiro atoms. The second-order valence-corrected chi connectivity index (χ2v) is 5.90. The van der Waals surface area contributed by atoms with Crippen molar-refractivity contribution < 1.29 is 38.5 Å². The molecule has 0 unspecified atom stereocenters. The van der Waals surface area contributed by atoms with Gasteiger partial charge in [0.1, 0.15) is 0 Å². The maximum atomic E-state index is 12.1. The Labute approximate surface area is 178 Å². The summed E-state index contributed by atoms with van der Waals surface area (Å²) in [4.78, 5) is 67.5. The Bertz CT molecular complexity index is 1100. The van der Waals surface area contributed by atoms with E-state index >= 15 is 0 Å². The van der Waals surface area contributed by atoms with E-state index < -0.39 is 45.9 Å². The number of nitro benzene ring substituents is 2. The summed E-state index contributed by atoms with van der Waals surface area (Å²) in [5.41, 5.74) is 2.55. The smallest absolute Gasteiger partial charge is 0.338 e. The van der Waals surface area contributed by atoms with Gasteiger partial charge in [-0.2, -0.15) is 0 Å². The first-order valence-electron chi connectivity index (χ1n) is 8.51. The molecule has 2 rings (SSSR count). The molecular weight excluding hydrogens is 432 g/mol. The summed E-state index contributed by atoms with van der Waals surface area (Å²) in [6, 6.07) is 7.28. The lowest BCUT2D eigenvalue weighted by Gasteiger charge is -2.09. The maximum absolute atomic E-state index is 12.1. The predicted octanol–water partition coefficient (Wildman–Crippen LogP) is 0.908. The van der Waals surface area contributed by atoms with Crippen LogP contribution in [0.15, 0.2) is 42.5 Å². The normalized spacial score (nSPS) is 9.91. The van der Waals surface area contributed by atoms with Gasteiger partial charge in [0.2, 0.25) is 0 Å². The van der Waals surface area contributed by atoms with Gasteiger partial charge in [-0.05, 0) is 18.2 Å². The van der Waals surface area contributed by atoms with Gasteiger partial charge in [0.15, 0.2) is 6.61 Å². The molecule has 0 atom stereocenters. The molecule has 0 saturated carbocycles. The molecule has 14 heteroatoms. The van der Waals surface area contributed by atoms with Crippen molar-refractivity contribution in [3.8, 4) is 0 Å². The number of nitrogens with one attached hydrogen (secondary N) is 2. The van der Waals surface area contributed by atoms with Gasteiger partial charge in [-0.25, -0.2) is 9.59 Å². The van der Waals surface area contributed by atoms with E-state index in [1.807, 2.05) is 10.9 Å². The number of hydrogen-bond donors (Lipinski definition) is 2. The van der Waals surface area contributed by atoms with Crippen LogP contribution in [-0.4, -0.2) is 47.3 Å². The van der Waals surface area contributed by atoms with Crippen molar-refractivity contribution in [2.24, 2.45) is 0 Å². The number of amides is 2. The quantitative estimate of drug-likeness (QED) is 0.350. The van der Waals surface area contributed by atoms with Crippen LogP contribution in [0.5, 0.6) is 0 Å². The number of hydrazine groups is 1. The van der Waals surface area contributed by atoms with Crippen molar-refractivity contribution in [3.63, 3.8) is 0 Å². The minimum atomic E-state index is -1.14. The average Bonchev–Trinajstić information content (AvgIpc) is 2.79. The van der Waals surface area contributed by atoms with E-state index in [-0.39, 0.29) is 22.4 Å². The van der Waals surface area contributed by atoms with E-state index in [1.165, 1.54) is 12.1 Å². The molecule has 0 aliphatic heterocycles. The van der Waals surface area contributed by atoms with E-state index in [9.17, 15) is 39.4 Å². The van der Waals surface area contributed by atoms with E-state index in [2.05, 4.69) is 4.74 Å². The van der Waals surface area contributed by atoms with Crippen LogP contribution in [-0.2, 0) is 14.3 Å². The van der Waals surface area contributed by atoms with Gasteiger partial charge < -0.3 is 9.47 Å². The number of carbonyl (C=O) groups is 4. The van der Waals surface area contributed by atoms with E-state index in [1.54, 1.807) is 0 Å². The first kappa shape index (κ1) is 23.4. The monoisotopic (exact) mass is 446 g/mol. The molecule has 0 radical (unpaired) electrons. The third kappa shape index (κ3) is 6.06. The predicted molar refractivity (Wildman–Crippen MR) is 103 cm³/mol. The number of esters is 2. The topological polar surface area (TPSA) is 197 Å². The van der Waals surface area contributed by atoms with Crippen molar-refractivity contribution in [2.75, 3.05) is 13.7 Å². The minimum absolute atomic E-state index is 0.0137. The van der Waals surface area contributed by atoms with Gasteiger partial charge in [0.25, 0.3) is 23.2 Å². The number of non-ortho nitro benzene ring substituents is 2. The van der Waals surface area contributed by atoms with Crippen LogP contribution >= 0.6 is 0 Å². The highest BCUT2D eigenvalue weighted by Crippen LogP contribution is 2.19. The molecule has 0 saturated heterocycles. The molecule has 0 aliphatic carbocycles. The van der Waals surface area contributed by atoms with Gasteiger partial charge in [0, 0.05) is 29.8 Å². The number of ether oxygens (including phenoxy) is 2. The van der Waals surface area contributed by atoms with Gasteiger partial charge in [0.05, 0.1) is 28.1 Å². The Kier molecular flexibility index (Phi) is 7.49. The summed E-state index contributed by atoms with van der Waals surface area (Å²) in [5.74, 6) is -3.81. The van der Waals surface area contributed by atoms with Gasteiger partial charge >= 0.3 is 11.9 Å². The summed E-state index contributed by atoms with van der Waals surface area (Å²) in [7, 11) is 1.05. The fourth-order valence-corrected chi connectivity index (χ4v) is 2.25. The summed E-state index contributed by atoms with van der Waals surface area (Å²) in [6.45, 7) is -0.865. The molecular formula is C18H14N4O10. The van der Waals surface area contributed by atoms with Crippen LogP contribution in [0.25, 0.3) is 0 Å². The summed E-state index contributed by atoms with van der Waals surface area (Å²) < 4.78 is 9.18. The lowest BCUT2D eigenvalue weighted by molar-refractivity contribution is -0.385. The number of rotatable bonds is 7. The molecule has 0 fully saturated rings. The molecule has 2 aromatic rings. The number of carbonyl (C=O) groups excluding carboxylic acids is 4. The Morgan fingerprint density at radius 1 is 0.812 bits per heavy atom. The van der Waals surface area contributed by atoms with Crippen LogP contribution in [0.4, 0.5) is 11.4 Å². The van der Waals surface area contributed by atoms with E-state index in [0.717, 1.165) is 37.4 Å². The first-order valence-corrected chi connectivity index (χ1v) is 8.51. The standard InChI is InChI=1S/C18H14N4O10/c1-31-17(25)11-6-12(8-14(7-11)22(29)30)18(26)32-9-15(23)19-20-16(24)10-2-4-13(5-3-10)21(27)28/h2-8H,9H2,1H3,(H,19,23)(H,20,24). The van der Waals surface area contributed by atoms with Gasteiger partial charge in [-0.15, -0.1) is 0 Å². The third-order valence-electron chi connectivity index (χ3n) is 3.78. The molecule has 0 aromatic heterocycles. The van der Waals surface area contributed by atoms with Gasteiger partial charge in [-0.1, -0.05) is 0 Å². The Morgan fingerprint density at radius 2 is 1.38 bits per heavy atom. The van der Waals surface area contributed by atoms with E-state index in [4.69, 9.17) is 4.74 Å². The zero-order chi connectivity index (χ0) is 23.8. The molecule has 2 N–H and O–H groups in total. The first-order chi connectivity index (χ1) is 15.1. The highest BCUT2D eigenvalue weighted by atomic mass is 16.6. The fraction of sp³-hybridized carbons (Fsp3) is 0.111. The fourth-order valence-electron chi connectivity index (χ4n) is 2.25. The second-order valence-electron chi connectivity index (χ2n) is 5.90. The summed E-state index contributed by atoms with van der Waals surface area (Å²) in [5, 5.41) is 21.6. The Morgan fingerprint density at radius 3 is 1.91 bits per heavy atom. The van der Waals surface area contributed by atoms with Crippen molar-refractivity contribution >= 4 is 35.1 Å². The third-order valence-corrected chi connectivity index (χ3v) is 3.78. The zero-order valence-corrected chi connectivity index (χ0v) is 16.2. The Balaban J connectivity index is 1.95. The van der Waals surface area contributed by atoms with Crippen LogP contribution in [0.2, 0.25) is 0 Å². The number of methoxy groups -OCH3 is 1. The maximum Gasteiger partial charge on any atom is 0.338 e. The summed E-state index contributed by atoms with van der Waals surface area (Å²) >= 11 is 0. The van der Waals surface area contributed by atoms with Crippen LogP contribution in [0.3, 0.4) is 0 Å². The SMILES string of the molecule is COC(=O)c1cc(C(=O)OCC(=O)NNC(=O)c2ccc([N+](=O)[O-])cc2)cc([N+](=O)[O-])c1.